The maximum absolute atomic E-state index is 12.9. The lowest BCUT2D eigenvalue weighted by atomic mass is 10.0. The number of hydrogen-bond donors (Lipinski definition) is 0. The van der Waals surface area contributed by atoms with E-state index in [0.29, 0.717) is 6.61 Å². The predicted molar refractivity (Wildman–Crippen MR) is 142 cm³/mol. The summed E-state index contributed by atoms with van der Waals surface area (Å²) in [6.07, 6.45) is -1.79. The summed E-state index contributed by atoms with van der Waals surface area (Å²) in [4.78, 5) is 12.5. The van der Waals surface area contributed by atoms with Gasteiger partial charge in [0, 0.05) is 12.7 Å². The number of fused-ring (bicyclic) bond motifs is 1. The van der Waals surface area contributed by atoms with Gasteiger partial charge in [-0.2, -0.15) is 5.10 Å². The molecular weight excluding hydrogens is 540 g/mol. The predicted octanol–water partition coefficient (Wildman–Crippen LogP) is 4.97. The maximum atomic E-state index is 12.9. The van der Waals surface area contributed by atoms with Crippen LogP contribution in [-0.2, 0) is 28.5 Å². The molecule has 0 N–H and O–H groups in total. The largest absolute Gasteiger partial charge is 0.451 e. The van der Waals surface area contributed by atoms with E-state index in [-0.39, 0.29) is 6.10 Å². The van der Waals surface area contributed by atoms with Crippen LogP contribution in [0, 0.1) is 0 Å². The van der Waals surface area contributed by atoms with Crippen molar-refractivity contribution >= 4 is 39.5 Å². The molecule has 9 heteroatoms. The highest BCUT2D eigenvalue weighted by Gasteiger charge is 2.50. The number of halogens is 1. The lowest BCUT2D eigenvalue weighted by Gasteiger charge is -2.46. The topological polar surface area (TPSA) is 78.8 Å². The van der Waals surface area contributed by atoms with E-state index < -0.39 is 35.6 Å². The van der Waals surface area contributed by atoms with Crippen LogP contribution in [0.2, 0.25) is 0 Å². The van der Waals surface area contributed by atoms with Crippen molar-refractivity contribution in [3.05, 3.63) is 96.6 Å². The Morgan fingerprint density at radius 2 is 1.54 bits per heavy atom. The van der Waals surface area contributed by atoms with Crippen LogP contribution in [0.4, 0.5) is 11.4 Å². The second-order valence-electron chi connectivity index (χ2n) is 8.53. The van der Waals surface area contributed by atoms with E-state index in [1.165, 1.54) is 7.11 Å². The number of hydrogen-bond acceptors (Lipinski definition) is 8. The lowest BCUT2D eigenvalue weighted by molar-refractivity contribution is -0.330. The van der Waals surface area contributed by atoms with Crippen LogP contribution < -0.4 is 5.01 Å². The van der Waals surface area contributed by atoms with E-state index >= 15 is 0 Å². The summed E-state index contributed by atoms with van der Waals surface area (Å²) in [5.74, 6) is -0.637. The molecule has 5 rings (SSSR count). The number of carbonyl (C=O) groups excluding carboxylic acids is 1. The molecule has 3 aromatic carbocycles. The Labute approximate surface area is 223 Å². The number of benzene rings is 3. The van der Waals surface area contributed by atoms with Crippen molar-refractivity contribution in [2.75, 3.05) is 18.7 Å². The molecule has 37 heavy (non-hydrogen) atoms. The fourth-order valence-corrected chi connectivity index (χ4v) is 5.14. The molecule has 2 aliphatic rings. The Bertz CT molecular complexity index is 1140. The number of esters is 1. The molecule has 2 heterocycles. The third kappa shape index (κ3) is 5.92. The summed E-state index contributed by atoms with van der Waals surface area (Å²) in [5.41, 5.74) is 2.51. The summed E-state index contributed by atoms with van der Waals surface area (Å²) in [6, 6.07) is 28.8. The first-order valence-corrected chi connectivity index (χ1v) is 12.8. The molecule has 0 saturated carbocycles. The zero-order chi connectivity index (χ0) is 25.6. The van der Waals surface area contributed by atoms with Gasteiger partial charge in [0.1, 0.15) is 18.4 Å². The zero-order valence-corrected chi connectivity index (χ0v) is 21.7. The van der Waals surface area contributed by atoms with Gasteiger partial charge in [0.2, 0.25) is 0 Å². The van der Waals surface area contributed by atoms with Gasteiger partial charge in [-0.05, 0) is 24.3 Å². The summed E-state index contributed by atoms with van der Waals surface area (Å²) < 4.78 is 29.4. The molecule has 2 aliphatic heterocycles. The normalized spacial score (nSPS) is 27.4. The van der Waals surface area contributed by atoms with Crippen LogP contribution in [0.25, 0.3) is 0 Å². The molecule has 2 saturated heterocycles. The van der Waals surface area contributed by atoms with Gasteiger partial charge in [-0.25, -0.2) is 9.80 Å². The minimum absolute atomic E-state index is 0.317. The quantitative estimate of drug-likeness (QED) is 0.173. The average molecular weight is 567 g/mol. The number of nitrogens with zero attached hydrogens (tertiary/aromatic N) is 2. The van der Waals surface area contributed by atoms with Crippen LogP contribution >= 0.6 is 15.9 Å². The van der Waals surface area contributed by atoms with Crippen LogP contribution in [0.5, 0.6) is 0 Å². The molecule has 0 unspecified atom stereocenters. The summed E-state index contributed by atoms with van der Waals surface area (Å²) in [7, 11) is 1.50. The van der Waals surface area contributed by atoms with Crippen LogP contribution in [-0.4, -0.2) is 55.3 Å². The first kappa shape index (κ1) is 25.6. The molecule has 0 aromatic heterocycles. The molecule has 0 bridgehead atoms. The highest BCUT2D eigenvalue weighted by atomic mass is 79.9. The number of methoxy groups -OCH3 is 1. The molecule has 192 valence electrons. The second-order valence-corrected chi connectivity index (χ2v) is 9.59. The number of para-hydroxylation sites is 2. The van der Waals surface area contributed by atoms with Crippen molar-refractivity contribution in [2.24, 2.45) is 5.10 Å². The SMILES string of the molecule is CO[C@@H]1O[C@@H]2CO[C@@H](c3ccccc3)O[C@H]2[C@@H](Br)[C@H]1OC(=O)/C=N/N(c1ccccc1)c1ccccc1. The molecule has 0 amide bonds. The van der Waals surface area contributed by atoms with Gasteiger partial charge in [0.25, 0.3) is 0 Å². The van der Waals surface area contributed by atoms with E-state index in [0.717, 1.165) is 23.2 Å². The Hall–Kier alpha value is -3.08. The minimum Gasteiger partial charge on any atom is -0.451 e. The van der Waals surface area contributed by atoms with Gasteiger partial charge in [0.15, 0.2) is 18.7 Å². The van der Waals surface area contributed by atoms with Crippen molar-refractivity contribution in [2.45, 2.75) is 35.7 Å². The first-order valence-electron chi connectivity index (χ1n) is 11.9. The van der Waals surface area contributed by atoms with Crippen molar-refractivity contribution in [1.29, 1.82) is 0 Å². The molecular formula is C28H27BrN2O6. The smallest absolute Gasteiger partial charge is 0.351 e. The molecule has 2 fully saturated rings. The lowest BCUT2D eigenvalue weighted by Crippen LogP contribution is -2.61. The monoisotopic (exact) mass is 566 g/mol. The van der Waals surface area contributed by atoms with E-state index in [2.05, 4.69) is 21.0 Å². The van der Waals surface area contributed by atoms with Crippen molar-refractivity contribution in [3.63, 3.8) is 0 Å². The van der Waals surface area contributed by atoms with Crippen molar-refractivity contribution in [1.82, 2.24) is 0 Å². The van der Waals surface area contributed by atoms with E-state index in [4.69, 9.17) is 23.7 Å². The van der Waals surface area contributed by atoms with E-state index in [1.807, 2.05) is 91.0 Å². The molecule has 0 radical (unpaired) electrons. The van der Waals surface area contributed by atoms with Crippen LogP contribution in [0.15, 0.2) is 96.1 Å². The molecule has 6 atom stereocenters. The Morgan fingerprint density at radius 1 is 0.946 bits per heavy atom. The fourth-order valence-electron chi connectivity index (χ4n) is 4.32. The van der Waals surface area contributed by atoms with Gasteiger partial charge in [0.05, 0.1) is 22.8 Å². The highest BCUT2D eigenvalue weighted by Crippen LogP contribution is 2.38. The second kappa shape index (κ2) is 12.0. The summed E-state index contributed by atoms with van der Waals surface area (Å²) in [5, 5.41) is 6.09. The molecule has 0 aliphatic carbocycles. The highest BCUT2D eigenvalue weighted by molar-refractivity contribution is 9.09. The Balaban J connectivity index is 1.30. The van der Waals surface area contributed by atoms with Crippen molar-refractivity contribution in [3.8, 4) is 0 Å². The average Bonchev–Trinajstić information content (AvgIpc) is 2.96. The Morgan fingerprint density at radius 3 is 2.14 bits per heavy atom. The molecule has 0 spiro atoms. The van der Waals surface area contributed by atoms with Gasteiger partial charge in [-0.3, -0.25) is 0 Å². The number of hydrazone groups is 1. The van der Waals surface area contributed by atoms with E-state index in [1.54, 1.807) is 5.01 Å². The van der Waals surface area contributed by atoms with Crippen molar-refractivity contribution < 1.29 is 28.5 Å². The first-order chi connectivity index (χ1) is 18.1. The fraction of sp³-hybridized carbons (Fsp3) is 0.286. The van der Waals surface area contributed by atoms with E-state index in [9.17, 15) is 4.79 Å². The summed E-state index contributed by atoms with van der Waals surface area (Å²) in [6.45, 7) is 0.317. The van der Waals surface area contributed by atoms with Gasteiger partial charge in [-0.15, -0.1) is 0 Å². The van der Waals surface area contributed by atoms with Crippen LogP contribution in [0.3, 0.4) is 0 Å². The number of ether oxygens (including phenoxy) is 5. The number of rotatable bonds is 7. The maximum Gasteiger partial charge on any atom is 0.351 e. The summed E-state index contributed by atoms with van der Waals surface area (Å²) >= 11 is 3.69. The number of alkyl halides is 1. The standard InChI is InChI=1S/C28H27BrN2O6/c1-33-28-26(24(29)25-22(35-28)18-34-27(37-25)19-11-5-2-6-12-19)36-23(32)17-30-31(20-13-7-3-8-14-20)21-15-9-4-10-16-21/h2-17,22,24-28H,18H2,1H3/b30-17+/t22-,24-,25-,26-,27-,28-/m1/s1. The zero-order valence-electron chi connectivity index (χ0n) is 20.1. The van der Waals surface area contributed by atoms with Gasteiger partial charge < -0.3 is 23.7 Å². The molecule has 8 nitrogen and oxygen atoms in total. The third-order valence-corrected chi connectivity index (χ3v) is 7.14. The third-order valence-electron chi connectivity index (χ3n) is 6.10. The number of anilines is 2. The Kier molecular flexibility index (Phi) is 8.28. The number of carbonyl (C=O) groups is 1. The van der Waals surface area contributed by atoms with Gasteiger partial charge in [-0.1, -0.05) is 82.7 Å². The molecule has 3 aromatic rings. The van der Waals surface area contributed by atoms with Gasteiger partial charge >= 0.3 is 5.97 Å². The van der Waals surface area contributed by atoms with Crippen LogP contribution in [0.1, 0.15) is 11.9 Å². The minimum atomic E-state index is -0.803.